The van der Waals surface area contributed by atoms with Crippen LogP contribution >= 0.6 is 12.2 Å². The Morgan fingerprint density at radius 3 is 2.95 bits per heavy atom. The average Bonchev–Trinajstić information content (AvgIpc) is 2.52. The molecule has 1 aromatic carbocycles. The lowest BCUT2D eigenvalue weighted by atomic mass is 9.98. The van der Waals surface area contributed by atoms with Crippen LogP contribution in [-0.4, -0.2) is 35.7 Å². The first kappa shape index (κ1) is 16.7. The zero-order valence-corrected chi connectivity index (χ0v) is 14.3. The number of thiocarbonyl (C=S) groups is 1. The summed E-state index contributed by atoms with van der Waals surface area (Å²) in [6, 6.07) is 6.13. The Bertz CT molecular complexity index is 560. The number of ether oxygens (including phenoxy) is 1. The van der Waals surface area contributed by atoms with Gasteiger partial charge in [0, 0.05) is 18.8 Å². The van der Waals surface area contributed by atoms with Crippen molar-refractivity contribution in [2.24, 2.45) is 5.92 Å². The Hall–Kier alpha value is -1.62. The summed E-state index contributed by atoms with van der Waals surface area (Å²) in [4.78, 5) is 14.0. The SMILES string of the molecule is CCOC(=O)C1CCCN(C(=S)Nc2cccc(C)c2C)C1. The van der Waals surface area contributed by atoms with Crippen molar-refractivity contribution in [3.63, 3.8) is 0 Å². The van der Waals surface area contributed by atoms with Crippen LogP contribution in [0.1, 0.15) is 30.9 Å². The second kappa shape index (κ2) is 7.58. The van der Waals surface area contributed by atoms with Crippen LogP contribution in [0, 0.1) is 19.8 Å². The second-order valence-electron chi connectivity index (χ2n) is 5.71. The number of rotatable bonds is 3. The summed E-state index contributed by atoms with van der Waals surface area (Å²) in [6.07, 6.45) is 1.83. The highest BCUT2D eigenvalue weighted by molar-refractivity contribution is 7.80. The first-order chi connectivity index (χ1) is 10.5. The predicted octanol–water partition coefficient (Wildman–Crippen LogP) is 3.28. The molecular weight excluding hydrogens is 296 g/mol. The zero-order chi connectivity index (χ0) is 16.1. The average molecular weight is 320 g/mol. The molecule has 4 nitrogen and oxygen atoms in total. The second-order valence-corrected chi connectivity index (χ2v) is 6.10. The Morgan fingerprint density at radius 2 is 2.23 bits per heavy atom. The van der Waals surface area contributed by atoms with E-state index in [0.29, 0.717) is 18.3 Å². The highest BCUT2D eigenvalue weighted by Gasteiger charge is 2.28. The summed E-state index contributed by atoms with van der Waals surface area (Å²) >= 11 is 5.53. The molecule has 1 atom stereocenters. The molecule has 1 unspecified atom stereocenters. The van der Waals surface area contributed by atoms with Crippen LogP contribution in [0.2, 0.25) is 0 Å². The van der Waals surface area contributed by atoms with Crippen LogP contribution in [0.3, 0.4) is 0 Å². The third kappa shape index (κ3) is 3.97. The van der Waals surface area contributed by atoms with Crippen LogP contribution in [-0.2, 0) is 9.53 Å². The summed E-state index contributed by atoms with van der Waals surface area (Å²) < 4.78 is 5.13. The minimum absolute atomic E-state index is 0.0768. The first-order valence-electron chi connectivity index (χ1n) is 7.81. The van der Waals surface area contributed by atoms with Gasteiger partial charge in [-0.1, -0.05) is 12.1 Å². The van der Waals surface area contributed by atoms with Gasteiger partial charge in [0.05, 0.1) is 12.5 Å². The lowest BCUT2D eigenvalue weighted by Gasteiger charge is -2.33. The third-order valence-electron chi connectivity index (χ3n) is 4.17. The molecule has 1 aliphatic rings. The number of carbonyl (C=O) groups is 1. The van der Waals surface area contributed by atoms with Crippen LogP contribution in [0.25, 0.3) is 0 Å². The predicted molar refractivity (Wildman–Crippen MR) is 93.1 cm³/mol. The zero-order valence-electron chi connectivity index (χ0n) is 13.5. The van der Waals surface area contributed by atoms with Crippen LogP contribution in [0.5, 0.6) is 0 Å². The van der Waals surface area contributed by atoms with E-state index in [2.05, 4.69) is 30.1 Å². The van der Waals surface area contributed by atoms with Gasteiger partial charge in [-0.25, -0.2) is 0 Å². The fourth-order valence-corrected chi connectivity index (χ4v) is 2.97. The number of aryl methyl sites for hydroxylation is 1. The number of anilines is 1. The molecule has 1 aromatic rings. The first-order valence-corrected chi connectivity index (χ1v) is 8.22. The van der Waals surface area contributed by atoms with Gasteiger partial charge >= 0.3 is 5.97 Å². The normalized spacial score (nSPS) is 18.0. The molecule has 22 heavy (non-hydrogen) atoms. The van der Waals surface area contributed by atoms with Crippen molar-refractivity contribution in [3.05, 3.63) is 29.3 Å². The maximum atomic E-state index is 11.9. The number of nitrogens with one attached hydrogen (secondary N) is 1. The van der Waals surface area contributed by atoms with Gasteiger partial charge in [0.15, 0.2) is 5.11 Å². The van der Waals surface area contributed by atoms with E-state index in [9.17, 15) is 4.79 Å². The van der Waals surface area contributed by atoms with E-state index in [1.54, 1.807) is 0 Å². The molecule has 1 N–H and O–H groups in total. The lowest BCUT2D eigenvalue weighted by Crippen LogP contribution is -2.44. The van der Waals surface area contributed by atoms with E-state index in [0.717, 1.165) is 25.1 Å². The van der Waals surface area contributed by atoms with Crippen molar-refractivity contribution in [2.75, 3.05) is 25.0 Å². The molecular formula is C17H24N2O2S. The monoisotopic (exact) mass is 320 g/mol. The molecule has 0 amide bonds. The minimum Gasteiger partial charge on any atom is -0.466 e. The summed E-state index contributed by atoms with van der Waals surface area (Å²) in [5.74, 6) is -0.186. The molecule has 1 heterocycles. The Kier molecular flexibility index (Phi) is 5.77. The van der Waals surface area contributed by atoms with E-state index in [4.69, 9.17) is 17.0 Å². The van der Waals surface area contributed by atoms with Gasteiger partial charge in [-0.3, -0.25) is 4.79 Å². The molecule has 0 radical (unpaired) electrons. The maximum absolute atomic E-state index is 11.9. The summed E-state index contributed by atoms with van der Waals surface area (Å²) in [6.45, 7) is 7.95. The lowest BCUT2D eigenvalue weighted by molar-refractivity contribution is -0.149. The molecule has 0 aliphatic carbocycles. The highest BCUT2D eigenvalue weighted by atomic mass is 32.1. The van der Waals surface area contributed by atoms with Gasteiger partial charge in [-0.05, 0) is 63.0 Å². The van der Waals surface area contributed by atoms with Crippen LogP contribution in [0.15, 0.2) is 18.2 Å². The number of hydrogen-bond donors (Lipinski definition) is 1. The minimum atomic E-state index is -0.110. The molecule has 0 bridgehead atoms. The Morgan fingerprint density at radius 1 is 1.45 bits per heavy atom. The number of hydrogen-bond acceptors (Lipinski definition) is 3. The molecule has 1 saturated heterocycles. The molecule has 0 aromatic heterocycles. The smallest absolute Gasteiger partial charge is 0.310 e. The summed E-state index contributed by atoms with van der Waals surface area (Å²) in [5, 5.41) is 4.00. The highest BCUT2D eigenvalue weighted by Crippen LogP contribution is 2.21. The number of benzene rings is 1. The Balaban J connectivity index is 2.00. The van der Waals surface area contributed by atoms with E-state index in [1.165, 1.54) is 11.1 Å². The van der Waals surface area contributed by atoms with Gasteiger partial charge in [0.2, 0.25) is 0 Å². The number of nitrogens with zero attached hydrogens (tertiary/aromatic N) is 1. The number of piperidine rings is 1. The molecule has 5 heteroatoms. The van der Waals surface area contributed by atoms with Crippen molar-refractivity contribution in [3.8, 4) is 0 Å². The Labute approximate surface area is 137 Å². The van der Waals surface area contributed by atoms with Crippen molar-refractivity contribution in [1.29, 1.82) is 0 Å². The third-order valence-corrected chi connectivity index (χ3v) is 4.54. The number of carbonyl (C=O) groups excluding carboxylic acids is 1. The van der Waals surface area contributed by atoms with Crippen molar-refractivity contribution >= 4 is 29.0 Å². The van der Waals surface area contributed by atoms with Crippen LogP contribution < -0.4 is 5.32 Å². The number of esters is 1. The largest absolute Gasteiger partial charge is 0.466 e. The van der Waals surface area contributed by atoms with E-state index >= 15 is 0 Å². The van der Waals surface area contributed by atoms with Crippen LogP contribution in [0.4, 0.5) is 5.69 Å². The van der Waals surface area contributed by atoms with E-state index in [-0.39, 0.29) is 11.9 Å². The summed E-state index contributed by atoms with van der Waals surface area (Å²) in [7, 11) is 0. The molecule has 1 aliphatic heterocycles. The topological polar surface area (TPSA) is 41.6 Å². The van der Waals surface area contributed by atoms with E-state index in [1.807, 2.05) is 19.1 Å². The maximum Gasteiger partial charge on any atom is 0.310 e. The fourth-order valence-electron chi connectivity index (χ4n) is 2.69. The standard InChI is InChI=1S/C17H24N2O2S/c1-4-21-16(20)14-8-6-10-19(11-14)17(22)18-15-9-5-7-12(2)13(15)3/h5,7,9,14H,4,6,8,10-11H2,1-3H3,(H,18,22). The van der Waals surface area contributed by atoms with Gasteiger partial charge in [-0.2, -0.15) is 0 Å². The summed E-state index contributed by atoms with van der Waals surface area (Å²) in [5.41, 5.74) is 3.46. The van der Waals surface area contributed by atoms with Crippen molar-refractivity contribution in [1.82, 2.24) is 4.90 Å². The number of likely N-dealkylation sites (tertiary alicyclic amines) is 1. The fraction of sp³-hybridized carbons (Fsp3) is 0.529. The van der Waals surface area contributed by atoms with Crippen molar-refractivity contribution < 1.29 is 9.53 Å². The molecule has 0 spiro atoms. The van der Waals surface area contributed by atoms with E-state index < -0.39 is 0 Å². The quantitative estimate of drug-likeness (QED) is 0.684. The van der Waals surface area contributed by atoms with Gasteiger partial charge in [-0.15, -0.1) is 0 Å². The molecule has 1 fully saturated rings. The van der Waals surface area contributed by atoms with Gasteiger partial charge < -0.3 is 15.0 Å². The van der Waals surface area contributed by atoms with Crippen molar-refractivity contribution in [2.45, 2.75) is 33.6 Å². The molecule has 0 saturated carbocycles. The van der Waals surface area contributed by atoms with Gasteiger partial charge in [0.1, 0.15) is 0 Å². The van der Waals surface area contributed by atoms with Gasteiger partial charge in [0.25, 0.3) is 0 Å². The molecule has 2 rings (SSSR count). The molecule has 120 valence electrons.